The molecule has 0 heterocycles. The van der Waals surface area contributed by atoms with Crippen molar-refractivity contribution >= 4 is 12.0 Å². The first-order valence-corrected chi connectivity index (χ1v) is 7.79. The van der Waals surface area contributed by atoms with Crippen molar-refractivity contribution in [2.24, 2.45) is 0 Å². The highest BCUT2D eigenvalue weighted by Gasteiger charge is 2.02. The Balaban J connectivity index is 1.72. The fraction of sp³-hybridized carbons (Fsp3) is 0.211. The number of para-hydroxylation sites is 1. The summed E-state index contributed by atoms with van der Waals surface area (Å²) in [6.45, 7) is 4.17. The zero-order valence-electron chi connectivity index (χ0n) is 13.7. The normalized spacial score (nSPS) is 11.2. The van der Waals surface area contributed by atoms with E-state index in [4.69, 9.17) is 9.94 Å². The summed E-state index contributed by atoms with van der Waals surface area (Å²) in [5.41, 5.74) is 4.22. The molecule has 5 nitrogen and oxygen atoms in total. The van der Waals surface area contributed by atoms with Crippen LogP contribution in [0, 0.1) is 0 Å². The van der Waals surface area contributed by atoms with Crippen LogP contribution in [0.15, 0.2) is 60.2 Å². The van der Waals surface area contributed by atoms with Gasteiger partial charge in [0.25, 0.3) is 5.91 Å². The van der Waals surface area contributed by atoms with Crippen molar-refractivity contribution in [2.45, 2.75) is 6.92 Å². The van der Waals surface area contributed by atoms with Gasteiger partial charge in [-0.1, -0.05) is 42.0 Å². The Hall–Kier alpha value is -2.63. The zero-order valence-corrected chi connectivity index (χ0v) is 13.7. The summed E-state index contributed by atoms with van der Waals surface area (Å²) < 4.78 is 5.61. The van der Waals surface area contributed by atoms with E-state index in [2.05, 4.69) is 5.32 Å². The lowest BCUT2D eigenvalue weighted by Gasteiger charge is -2.08. The highest BCUT2D eigenvalue weighted by atomic mass is 16.5. The minimum atomic E-state index is -0.512. The van der Waals surface area contributed by atoms with Crippen LogP contribution >= 0.6 is 0 Å². The van der Waals surface area contributed by atoms with Crippen molar-refractivity contribution in [2.75, 3.05) is 19.7 Å². The van der Waals surface area contributed by atoms with Gasteiger partial charge in [-0.15, -0.1) is 0 Å². The maximum atomic E-state index is 11.3. The van der Waals surface area contributed by atoms with Gasteiger partial charge in [-0.3, -0.25) is 10.0 Å². The number of hydrogen-bond acceptors (Lipinski definition) is 4. The summed E-state index contributed by atoms with van der Waals surface area (Å²) >= 11 is 0. The van der Waals surface area contributed by atoms with Crippen molar-refractivity contribution in [3.8, 4) is 5.75 Å². The van der Waals surface area contributed by atoms with Gasteiger partial charge in [-0.2, -0.15) is 0 Å². The Kier molecular flexibility index (Phi) is 7.01. The van der Waals surface area contributed by atoms with Gasteiger partial charge in [0.2, 0.25) is 0 Å². The summed E-state index contributed by atoms with van der Waals surface area (Å²) in [7, 11) is 0. The molecule has 0 fully saturated rings. The van der Waals surface area contributed by atoms with Crippen LogP contribution < -0.4 is 15.5 Å². The first-order valence-electron chi connectivity index (χ1n) is 7.79. The second kappa shape index (κ2) is 9.50. The van der Waals surface area contributed by atoms with Crippen molar-refractivity contribution in [3.63, 3.8) is 0 Å². The molecule has 0 unspecified atom stereocenters. The summed E-state index contributed by atoms with van der Waals surface area (Å²) in [4.78, 5) is 11.3. The van der Waals surface area contributed by atoms with E-state index >= 15 is 0 Å². The third kappa shape index (κ3) is 5.87. The minimum Gasteiger partial charge on any atom is -0.492 e. The molecule has 0 saturated carbocycles. The Morgan fingerprint density at radius 3 is 2.50 bits per heavy atom. The van der Waals surface area contributed by atoms with Gasteiger partial charge in [0.15, 0.2) is 0 Å². The van der Waals surface area contributed by atoms with Crippen LogP contribution in [-0.2, 0) is 0 Å². The number of hydrogen-bond donors (Lipinski definition) is 3. The van der Waals surface area contributed by atoms with E-state index < -0.39 is 5.91 Å². The minimum absolute atomic E-state index is 0.420. The number of amides is 1. The van der Waals surface area contributed by atoms with Crippen LogP contribution in [0.5, 0.6) is 5.75 Å². The fourth-order valence-corrected chi connectivity index (χ4v) is 2.17. The lowest BCUT2D eigenvalue weighted by atomic mass is 10.1. The molecule has 2 rings (SSSR count). The molecule has 2 aromatic carbocycles. The molecule has 1 amide bonds. The van der Waals surface area contributed by atoms with Gasteiger partial charge in [0, 0.05) is 18.7 Å². The lowest BCUT2D eigenvalue weighted by molar-refractivity contribution is 0.0706. The van der Waals surface area contributed by atoms with E-state index in [1.807, 2.05) is 55.5 Å². The van der Waals surface area contributed by atoms with E-state index in [-0.39, 0.29) is 0 Å². The molecule has 0 aliphatic heterocycles. The fourth-order valence-electron chi connectivity index (χ4n) is 2.17. The molecule has 3 N–H and O–H groups in total. The second-order valence-electron chi connectivity index (χ2n) is 5.39. The van der Waals surface area contributed by atoms with Crippen molar-refractivity contribution < 1.29 is 14.7 Å². The van der Waals surface area contributed by atoms with Crippen LogP contribution in [0.3, 0.4) is 0 Å². The smallest absolute Gasteiger partial charge is 0.274 e. The molecule has 0 aliphatic carbocycles. The van der Waals surface area contributed by atoms with E-state index in [9.17, 15) is 4.79 Å². The van der Waals surface area contributed by atoms with Gasteiger partial charge in [-0.25, -0.2) is 5.48 Å². The van der Waals surface area contributed by atoms with Gasteiger partial charge in [0.1, 0.15) is 12.4 Å². The maximum absolute atomic E-state index is 11.3. The number of carbonyl (C=O) groups excluding carboxylic acids is 1. The summed E-state index contributed by atoms with van der Waals surface area (Å²) in [5.74, 6) is 0.362. The van der Waals surface area contributed by atoms with Crippen molar-refractivity contribution in [1.29, 1.82) is 0 Å². The van der Waals surface area contributed by atoms with Crippen LogP contribution in [0.2, 0.25) is 0 Å². The molecule has 126 valence electrons. The predicted octanol–water partition coefficient (Wildman–Crippen LogP) is 2.88. The molecule has 24 heavy (non-hydrogen) atoms. The highest BCUT2D eigenvalue weighted by Crippen LogP contribution is 2.09. The SMILES string of the molecule is C/C(=C\c1ccc(C(=O)NO)cc1)CNCCOc1ccccc1. The van der Waals surface area contributed by atoms with Crippen LogP contribution in [0.1, 0.15) is 22.8 Å². The molecular weight excluding hydrogens is 304 g/mol. The average molecular weight is 326 g/mol. The predicted molar refractivity (Wildman–Crippen MR) is 94.2 cm³/mol. The number of benzene rings is 2. The highest BCUT2D eigenvalue weighted by molar-refractivity contribution is 5.93. The van der Waals surface area contributed by atoms with Gasteiger partial charge >= 0.3 is 0 Å². The number of rotatable bonds is 8. The second-order valence-corrected chi connectivity index (χ2v) is 5.39. The topological polar surface area (TPSA) is 70.6 Å². The van der Waals surface area contributed by atoms with Crippen LogP contribution in [0.25, 0.3) is 6.08 Å². The standard InChI is InChI=1S/C19H22N2O3/c1-15(13-16-7-9-17(10-8-16)19(22)21-23)14-20-11-12-24-18-5-3-2-4-6-18/h2-10,13,20,23H,11-12,14H2,1H3,(H,21,22)/b15-13+. The van der Waals surface area contributed by atoms with Crippen molar-refractivity contribution in [3.05, 3.63) is 71.3 Å². The number of hydroxylamine groups is 1. The quantitative estimate of drug-likeness (QED) is 0.396. The van der Waals surface area contributed by atoms with E-state index in [0.29, 0.717) is 12.2 Å². The molecule has 0 spiro atoms. The molecule has 0 atom stereocenters. The molecule has 2 aromatic rings. The Morgan fingerprint density at radius 1 is 1.12 bits per heavy atom. The summed E-state index contributed by atoms with van der Waals surface area (Å²) in [6.07, 6.45) is 2.05. The Morgan fingerprint density at radius 2 is 1.83 bits per heavy atom. The van der Waals surface area contributed by atoms with Crippen LogP contribution in [0.4, 0.5) is 0 Å². The largest absolute Gasteiger partial charge is 0.492 e. The van der Waals surface area contributed by atoms with Gasteiger partial charge < -0.3 is 10.1 Å². The molecule has 0 bridgehead atoms. The maximum Gasteiger partial charge on any atom is 0.274 e. The Labute approximate surface area is 141 Å². The summed E-state index contributed by atoms with van der Waals surface area (Å²) in [5, 5.41) is 11.9. The van der Waals surface area contributed by atoms with Crippen molar-refractivity contribution in [1.82, 2.24) is 10.8 Å². The van der Waals surface area contributed by atoms with E-state index in [1.54, 1.807) is 17.6 Å². The van der Waals surface area contributed by atoms with E-state index in [1.165, 1.54) is 5.57 Å². The molecule has 0 aromatic heterocycles. The molecule has 5 heteroatoms. The number of nitrogens with one attached hydrogen (secondary N) is 2. The third-order valence-corrected chi connectivity index (χ3v) is 3.38. The lowest BCUT2D eigenvalue weighted by Crippen LogP contribution is -2.22. The van der Waals surface area contributed by atoms with E-state index in [0.717, 1.165) is 24.4 Å². The molecule has 0 saturated heterocycles. The van der Waals surface area contributed by atoms with Crippen LogP contribution in [-0.4, -0.2) is 30.8 Å². The zero-order chi connectivity index (χ0) is 17.2. The van der Waals surface area contributed by atoms with Gasteiger partial charge in [-0.05, 0) is 36.8 Å². The van der Waals surface area contributed by atoms with Gasteiger partial charge in [0.05, 0.1) is 0 Å². The molecule has 0 radical (unpaired) electrons. The Bertz CT molecular complexity index is 667. The average Bonchev–Trinajstić information content (AvgIpc) is 2.62. The molecule has 0 aliphatic rings. The molecular formula is C19H22N2O3. The number of ether oxygens (including phenoxy) is 1. The monoisotopic (exact) mass is 326 g/mol. The first kappa shape index (κ1) is 17.7. The third-order valence-electron chi connectivity index (χ3n) is 3.38. The number of carbonyl (C=O) groups is 1. The summed E-state index contributed by atoms with van der Waals surface area (Å²) in [6, 6.07) is 16.8. The first-order chi connectivity index (χ1) is 11.7.